The Bertz CT molecular complexity index is 248. The number of ether oxygens (including phenoxy) is 1. The third-order valence-electron chi connectivity index (χ3n) is 2.46. The molecule has 2 atom stereocenters. The molecule has 1 rings (SSSR count). The molecular formula is C12H21NOS. The van der Waals surface area contributed by atoms with Gasteiger partial charge in [-0.25, -0.2) is 0 Å². The highest BCUT2D eigenvalue weighted by Crippen LogP contribution is 2.13. The van der Waals surface area contributed by atoms with E-state index in [1.165, 1.54) is 4.88 Å². The van der Waals surface area contributed by atoms with Crippen molar-refractivity contribution < 1.29 is 4.74 Å². The third kappa shape index (κ3) is 4.33. The van der Waals surface area contributed by atoms with Gasteiger partial charge in [0.05, 0.1) is 6.10 Å². The second-order valence-corrected chi connectivity index (χ2v) is 4.64. The van der Waals surface area contributed by atoms with Gasteiger partial charge in [0.1, 0.15) is 0 Å². The van der Waals surface area contributed by atoms with Gasteiger partial charge >= 0.3 is 0 Å². The second kappa shape index (κ2) is 6.99. The first-order chi connectivity index (χ1) is 7.27. The maximum Gasteiger partial charge on any atom is 0.0703 e. The minimum atomic E-state index is 0.275. The first-order valence-electron chi connectivity index (χ1n) is 5.65. The highest BCUT2D eigenvalue weighted by Gasteiger charge is 2.17. The summed E-state index contributed by atoms with van der Waals surface area (Å²) in [6.07, 6.45) is 1.34. The van der Waals surface area contributed by atoms with Crippen LogP contribution in [0.5, 0.6) is 0 Å². The molecule has 0 bridgehead atoms. The molecule has 0 aromatic carbocycles. The largest absolute Gasteiger partial charge is 0.377 e. The predicted octanol–water partition coefficient (Wildman–Crippen LogP) is 2.69. The van der Waals surface area contributed by atoms with E-state index in [2.05, 4.69) is 36.7 Å². The SMILES string of the molecule is CCNC(Cc1cccs1)C(C)OCC. The van der Waals surface area contributed by atoms with Crippen molar-refractivity contribution in [2.45, 2.75) is 39.3 Å². The fourth-order valence-corrected chi connectivity index (χ4v) is 2.46. The molecule has 2 nitrogen and oxygen atoms in total. The molecule has 86 valence electrons. The average molecular weight is 227 g/mol. The molecule has 1 N–H and O–H groups in total. The summed E-state index contributed by atoms with van der Waals surface area (Å²) in [5.74, 6) is 0. The Morgan fingerprint density at radius 2 is 2.27 bits per heavy atom. The lowest BCUT2D eigenvalue weighted by molar-refractivity contribution is 0.0482. The first kappa shape index (κ1) is 12.7. The highest BCUT2D eigenvalue weighted by molar-refractivity contribution is 7.09. The molecule has 15 heavy (non-hydrogen) atoms. The Kier molecular flexibility index (Phi) is 5.91. The molecule has 0 amide bonds. The van der Waals surface area contributed by atoms with E-state index in [4.69, 9.17) is 4.74 Å². The Morgan fingerprint density at radius 3 is 2.80 bits per heavy atom. The molecule has 1 aromatic heterocycles. The molecule has 1 heterocycles. The van der Waals surface area contributed by atoms with Crippen LogP contribution in [0, 0.1) is 0 Å². The van der Waals surface area contributed by atoms with Gasteiger partial charge in [0.25, 0.3) is 0 Å². The van der Waals surface area contributed by atoms with Gasteiger partial charge in [0.2, 0.25) is 0 Å². The van der Waals surface area contributed by atoms with Crippen LogP contribution in [-0.4, -0.2) is 25.3 Å². The van der Waals surface area contributed by atoms with E-state index < -0.39 is 0 Å². The van der Waals surface area contributed by atoms with Crippen LogP contribution in [0.1, 0.15) is 25.6 Å². The molecule has 0 saturated heterocycles. The zero-order valence-corrected chi connectivity index (χ0v) is 10.6. The standard InChI is InChI=1S/C12H21NOS/c1-4-13-12(10(3)14-5-2)9-11-7-6-8-15-11/h6-8,10,12-13H,4-5,9H2,1-3H3. The maximum absolute atomic E-state index is 5.65. The molecule has 2 unspecified atom stereocenters. The van der Waals surface area contributed by atoms with Crippen molar-refractivity contribution in [2.75, 3.05) is 13.2 Å². The summed E-state index contributed by atoms with van der Waals surface area (Å²) < 4.78 is 5.65. The summed E-state index contributed by atoms with van der Waals surface area (Å²) in [4.78, 5) is 1.42. The van der Waals surface area contributed by atoms with Crippen LogP contribution in [0.2, 0.25) is 0 Å². The third-order valence-corrected chi connectivity index (χ3v) is 3.36. The van der Waals surface area contributed by atoms with Crippen LogP contribution in [0.15, 0.2) is 17.5 Å². The van der Waals surface area contributed by atoms with Crippen LogP contribution in [0.25, 0.3) is 0 Å². The lowest BCUT2D eigenvalue weighted by atomic mass is 10.1. The van der Waals surface area contributed by atoms with Gasteiger partial charge in [-0.05, 0) is 38.3 Å². The van der Waals surface area contributed by atoms with Crippen LogP contribution in [0.3, 0.4) is 0 Å². The zero-order valence-electron chi connectivity index (χ0n) is 9.82. The normalized spacial score (nSPS) is 15.1. The smallest absolute Gasteiger partial charge is 0.0703 e. The highest BCUT2D eigenvalue weighted by atomic mass is 32.1. The summed E-state index contributed by atoms with van der Waals surface area (Å²) in [5, 5.41) is 5.62. The number of likely N-dealkylation sites (N-methyl/N-ethyl adjacent to an activating group) is 1. The van der Waals surface area contributed by atoms with Crippen molar-refractivity contribution in [2.24, 2.45) is 0 Å². The second-order valence-electron chi connectivity index (χ2n) is 3.61. The van der Waals surface area contributed by atoms with Gasteiger partial charge in [-0.1, -0.05) is 13.0 Å². The van der Waals surface area contributed by atoms with Crippen molar-refractivity contribution in [1.82, 2.24) is 5.32 Å². The summed E-state index contributed by atoms with van der Waals surface area (Å²) in [7, 11) is 0. The predicted molar refractivity (Wildman–Crippen MR) is 66.6 cm³/mol. The van der Waals surface area contributed by atoms with Gasteiger partial charge in [-0.15, -0.1) is 11.3 Å². The molecular weight excluding hydrogens is 206 g/mol. The zero-order chi connectivity index (χ0) is 11.1. The molecule has 0 spiro atoms. The summed E-state index contributed by atoms with van der Waals surface area (Å²) in [5.41, 5.74) is 0. The fraction of sp³-hybridized carbons (Fsp3) is 0.667. The van der Waals surface area contributed by atoms with Crippen molar-refractivity contribution in [3.63, 3.8) is 0 Å². The maximum atomic E-state index is 5.65. The molecule has 3 heteroatoms. The van der Waals surface area contributed by atoms with E-state index in [1.807, 2.05) is 18.3 Å². The topological polar surface area (TPSA) is 21.3 Å². The van der Waals surface area contributed by atoms with Gasteiger partial charge in [-0.2, -0.15) is 0 Å². The van der Waals surface area contributed by atoms with E-state index in [1.54, 1.807) is 0 Å². The Morgan fingerprint density at radius 1 is 1.47 bits per heavy atom. The van der Waals surface area contributed by atoms with E-state index in [0.29, 0.717) is 6.04 Å². The van der Waals surface area contributed by atoms with Gasteiger partial charge in [-0.3, -0.25) is 0 Å². The monoisotopic (exact) mass is 227 g/mol. The van der Waals surface area contributed by atoms with Gasteiger partial charge < -0.3 is 10.1 Å². The van der Waals surface area contributed by atoms with Crippen LogP contribution >= 0.6 is 11.3 Å². The number of rotatable bonds is 7. The Labute approximate surface area is 96.7 Å². The van der Waals surface area contributed by atoms with Crippen LogP contribution in [0.4, 0.5) is 0 Å². The van der Waals surface area contributed by atoms with Crippen molar-refractivity contribution in [1.29, 1.82) is 0 Å². The molecule has 0 aliphatic heterocycles. The Balaban J connectivity index is 2.49. The molecule has 0 aliphatic carbocycles. The molecule has 0 saturated carbocycles. The summed E-state index contributed by atoms with van der Waals surface area (Å²) in [6, 6.07) is 4.72. The van der Waals surface area contributed by atoms with Gasteiger partial charge in [0.15, 0.2) is 0 Å². The number of thiophene rings is 1. The number of hydrogen-bond acceptors (Lipinski definition) is 3. The number of nitrogens with one attached hydrogen (secondary N) is 1. The molecule has 0 fully saturated rings. The fourth-order valence-electron chi connectivity index (χ4n) is 1.69. The Hall–Kier alpha value is -0.380. The van der Waals surface area contributed by atoms with Gasteiger partial charge in [0, 0.05) is 17.5 Å². The van der Waals surface area contributed by atoms with Crippen molar-refractivity contribution in [3.05, 3.63) is 22.4 Å². The minimum absolute atomic E-state index is 0.275. The van der Waals surface area contributed by atoms with Crippen molar-refractivity contribution in [3.8, 4) is 0 Å². The summed E-state index contributed by atoms with van der Waals surface area (Å²) >= 11 is 1.82. The van der Waals surface area contributed by atoms with Crippen LogP contribution in [-0.2, 0) is 11.2 Å². The van der Waals surface area contributed by atoms with Crippen LogP contribution < -0.4 is 5.32 Å². The van der Waals surface area contributed by atoms with Crippen molar-refractivity contribution >= 4 is 11.3 Å². The molecule has 0 aliphatic rings. The quantitative estimate of drug-likeness (QED) is 0.773. The van der Waals surface area contributed by atoms with E-state index in [0.717, 1.165) is 19.6 Å². The van der Waals surface area contributed by atoms with E-state index in [9.17, 15) is 0 Å². The van der Waals surface area contributed by atoms with E-state index >= 15 is 0 Å². The summed E-state index contributed by atoms with van der Waals surface area (Å²) in [6.45, 7) is 8.11. The molecule has 1 aromatic rings. The molecule has 0 radical (unpaired) electrons. The first-order valence-corrected chi connectivity index (χ1v) is 6.53. The minimum Gasteiger partial charge on any atom is -0.377 e. The lowest BCUT2D eigenvalue weighted by Gasteiger charge is -2.24. The number of hydrogen-bond donors (Lipinski definition) is 1. The van der Waals surface area contributed by atoms with E-state index in [-0.39, 0.29) is 6.10 Å². The average Bonchev–Trinajstić information content (AvgIpc) is 2.70. The lowest BCUT2D eigenvalue weighted by Crippen LogP contribution is -2.41.